The Kier molecular flexibility index (Phi) is 5.57. The van der Waals surface area contributed by atoms with Gasteiger partial charge in [-0.15, -0.1) is 0 Å². The zero-order chi connectivity index (χ0) is 19.3. The van der Waals surface area contributed by atoms with E-state index in [4.69, 9.17) is 9.47 Å². The Morgan fingerprint density at radius 1 is 1.18 bits per heavy atom. The lowest BCUT2D eigenvalue weighted by Gasteiger charge is -2.35. The van der Waals surface area contributed by atoms with Crippen LogP contribution in [-0.2, 0) is 4.74 Å². The first kappa shape index (κ1) is 18.5. The minimum absolute atomic E-state index is 0.0867. The highest BCUT2D eigenvalue weighted by atomic mass is 16.5. The third-order valence-electron chi connectivity index (χ3n) is 4.95. The third-order valence-corrected chi connectivity index (χ3v) is 4.95. The van der Waals surface area contributed by atoms with Gasteiger partial charge in [0.2, 0.25) is 0 Å². The van der Waals surface area contributed by atoms with Crippen LogP contribution in [0.3, 0.4) is 0 Å². The normalized spacial score (nSPS) is 19.5. The number of amides is 2. The van der Waals surface area contributed by atoms with Gasteiger partial charge in [0, 0.05) is 44.5 Å². The topological polar surface area (TPSA) is 79.8 Å². The molecule has 0 radical (unpaired) electrons. The van der Waals surface area contributed by atoms with Crippen LogP contribution >= 0.6 is 0 Å². The monoisotopic (exact) mass is 383 g/mol. The molecule has 2 amide bonds. The highest BCUT2D eigenvalue weighted by Gasteiger charge is 2.22. The predicted molar refractivity (Wildman–Crippen MR) is 106 cm³/mol. The Morgan fingerprint density at radius 3 is 2.64 bits per heavy atom. The fourth-order valence-corrected chi connectivity index (χ4v) is 3.38. The van der Waals surface area contributed by atoms with E-state index in [1.807, 2.05) is 42.2 Å². The summed E-state index contributed by atoms with van der Waals surface area (Å²) in [4.78, 5) is 25.1. The molecule has 1 aromatic heterocycles. The van der Waals surface area contributed by atoms with E-state index in [9.17, 15) is 4.79 Å². The molecule has 3 heterocycles. The summed E-state index contributed by atoms with van der Waals surface area (Å²) in [5.74, 6) is 2.46. The number of carbonyl (C=O) groups is 1. The zero-order valence-electron chi connectivity index (χ0n) is 16.0. The molecule has 0 aliphatic carbocycles. The van der Waals surface area contributed by atoms with Gasteiger partial charge in [-0.2, -0.15) is 0 Å². The highest BCUT2D eigenvalue weighted by molar-refractivity contribution is 5.89. The summed E-state index contributed by atoms with van der Waals surface area (Å²) in [6.07, 6.45) is 2.80. The number of aromatic nitrogens is 2. The fourth-order valence-electron chi connectivity index (χ4n) is 3.38. The first-order valence-corrected chi connectivity index (χ1v) is 9.62. The molecular weight excluding hydrogens is 358 g/mol. The summed E-state index contributed by atoms with van der Waals surface area (Å²) in [6.45, 7) is 6.07. The van der Waals surface area contributed by atoms with Crippen molar-refractivity contribution in [1.82, 2.24) is 14.9 Å². The summed E-state index contributed by atoms with van der Waals surface area (Å²) in [6, 6.07) is 9.30. The van der Waals surface area contributed by atoms with Crippen LogP contribution in [0.2, 0.25) is 0 Å². The summed E-state index contributed by atoms with van der Waals surface area (Å²) in [5.41, 5.74) is 0.758. The lowest BCUT2D eigenvalue weighted by molar-refractivity contribution is 0.141. The van der Waals surface area contributed by atoms with Gasteiger partial charge in [-0.25, -0.2) is 14.8 Å². The Balaban J connectivity index is 1.27. The Labute approximate surface area is 164 Å². The number of aryl methyl sites for hydroxylation is 1. The van der Waals surface area contributed by atoms with Crippen molar-refractivity contribution in [2.45, 2.75) is 19.4 Å². The molecule has 0 bridgehead atoms. The molecule has 1 N–H and O–H groups in total. The number of anilines is 2. The Morgan fingerprint density at radius 2 is 1.96 bits per heavy atom. The van der Waals surface area contributed by atoms with E-state index in [0.29, 0.717) is 19.7 Å². The summed E-state index contributed by atoms with van der Waals surface area (Å²) in [5, 5.41) is 2.96. The number of nitrogens with one attached hydrogen (secondary N) is 1. The van der Waals surface area contributed by atoms with E-state index in [2.05, 4.69) is 20.2 Å². The molecule has 2 aromatic rings. The molecule has 8 heteroatoms. The van der Waals surface area contributed by atoms with Crippen molar-refractivity contribution in [3.63, 3.8) is 0 Å². The smallest absolute Gasteiger partial charge is 0.321 e. The number of benzene rings is 1. The van der Waals surface area contributed by atoms with Crippen molar-refractivity contribution in [3.05, 3.63) is 42.4 Å². The SMILES string of the molecule is Cc1nccc(N2CCN(C(=O)Nc3ccc(OC4CCOC4)cc3)CC2)n1. The molecule has 0 saturated carbocycles. The van der Waals surface area contributed by atoms with Crippen LogP contribution in [0.25, 0.3) is 0 Å². The average molecular weight is 383 g/mol. The van der Waals surface area contributed by atoms with Gasteiger partial charge in [0.1, 0.15) is 23.5 Å². The standard InChI is InChI=1S/C20H25N5O3/c1-15-21-8-6-19(22-15)24-9-11-25(12-10-24)20(26)23-16-2-4-17(5-3-16)28-18-7-13-27-14-18/h2-6,8,18H,7,9-14H2,1H3,(H,23,26). The fraction of sp³-hybridized carbons (Fsp3) is 0.450. The number of piperazine rings is 1. The zero-order valence-corrected chi connectivity index (χ0v) is 16.0. The van der Waals surface area contributed by atoms with Gasteiger partial charge in [-0.05, 0) is 37.3 Å². The Hall–Kier alpha value is -2.87. The summed E-state index contributed by atoms with van der Waals surface area (Å²) >= 11 is 0. The van der Waals surface area contributed by atoms with Crippen LogP contribution in [-0.4, -0.2) is 66.4 Å². The third kappa shape index (κ3) is 4.51. The van der Waals surface area contributed by atoms with Gasteiger partial charge >= 0.3 is 6.03 Å². The number of urea groups is 1. The molecule has 28 heavy (non-hydrogen) atoms. The second-order valence-electron chi connectivity index (χ2n) is 6.99. The Bertz CT molecular complexity index is 800. The molecule has 2 fully saturated rings. The van der Waals surface area contributed by atoms with Crippen LogP contribution in [0.15, 0.2) is 36.5 Å². The maximum Gasteiger partial charge on any atom is 0.321 e. The van der Waals surface area contributed by atoms with Gasteiger partial charge in [0.25, 0.3) is 0 Å². The van der Waals surface area contributed by atoms with E-state index in [1.54, 1.807) is 6.20 Å². The maximum atomic E-state index is 12.6. The average Bonchev–Trinajstić information content (AvgIpc) is 3.23. The molecule has 8 nitrogen and oxygen atoms in total. The molecule has 2 saturated heterocycles. The van der Waals surface area contributed by atoms with E-state index in [0.717, 1.165) is 49.2 Å². The maximum absolute atomic E-state index is 12.6. The van der Waals surface area contributed by atoms with E-state index in [-0.39, 0.29) is 12.1 Å². The second-order valence-corrected chi connectivity index (χ2v) is 6.99. The minimum atomic E-state index is -0.0867. The molecule has 2 aliphatic rings. The molecule has 2 aliphatic heterocycles. The lowest BCUT2D eigenvalue weighted by atomic mass is 10.2. The number of ether oxygens (including phenoxy) is 2. The molecule has 1 unspecified atom stereocenters. The predicted octanol–water partition coefficient (Wildman–Crippen LogP) is 2.31. The van der Waals surface area contributed by atoms with Gasteiger partial charge in [0.15, 0.2) is 0 Å². The van der Waals surface area contributed by atoms with Gasteiger partial charge in [-0.1, -0.05) is 0 Å². The van der Waals surface area contributed by atoms with E-state index < -0.39 is 0 Å². The molecule has 1 aromatic carbocycles. The second kappa shape index (κ2) is 8.43. The van der Waals surface area contributed by atoms with Crippen molar-refractivity contribution in [3.8, 4) is 5.75 Å². The van der Waals surface area contributed by atoms with Crippen molar-refractivity contribution in [1.29, 1.82) is 0 Å². The van der Waals surface area contributed by atoms with Crippen LogP contribution in [0.5, 0.6) is 5.75 Å². The highest BCUT2D eigenvalue weighted by Crippen LogP contribution is 2.20. The van der Waals surface area contributed by atoms with Crippen molar-refractivity contribution >= 4 is 17.5 Å². The van der Waals surface area contributed by atoms with Crippen molar-refractivity contribution in [2.75, 3.05) is 49.6 Å². The number of nitrogens with zero attached hydrogens (tertiary/aromatic N) is 4. The lowest BCUT2D eigenvalue weighted by Crippen LogP contribution is -2.50. The van der Waals surface area contributed by atoms with Gasteiger partial charge < -0.3 is 24.6 Å². The molecule has 1 atom stereocenters. The molecular formula is C20H25N5O3. The van der Waals surface area contributed by atoms with E-state index in [1.165, 1.54) is 0 Å². The van der Waals surface area contributed by atoms with Crippen LogP contribution in [0.1, 0.15) is 12.2 Å². The molecule has 148 valence electrons. The van der Waals surface area contributed by atoms with Gasteiger partial charge in [0.05, 0.1) is 13.2 Å². The first-order valence-electron chi connectivity index (χ1n) is 9.62. The number of carbonyl (C=O) groups excluding carboxylic acids is 1. The summed E-state index contributed by atoms with van der Waals surface area (Å²) in [7, 11) is 0. The molecule has 0 spiro atoms. The van der Waals surface area contributed by atoms with Crippen molar-refractivity contribution < 1.29 is 14.3 Å². The van der Waals surface area contributed by atoms with E-state index >= 15 is 0 Å². The largest absolute Gasteiger partial charge is 0.488 e. The first-order chi connectivity index (χ1) is 13.7. The minimum Gasteiger partial charge on any atom is -0.488 e. The van der Waals surface area contributed by atoms with Crippen LogP contribution in [0.4, 0.5) is 16.3 Å². The van der Waals surface area contributed by atoms with Crippen LogP contribution < -0.4 is 15.0 Å². The molecule has 4 rings (SSSR count). The summed E-state index contributed by atoms with van der Waals surface area (Å²) < 4.78 is 11.2. The number of hydrogen-bond acceptors (Lipinski definition) is 6. The van der Waals surface area contributed by atoms with Gasteiger partial charge in [-0.3, -0.25) is 0 Å². The van der Waals surface area contributed by atoms with Crippen LogP contribution in [0, 0.1) is 6.92 Å². The number of hydrogen-bond donors (Lipinski definition) is 1. The number of rotatable bonds is 4. The van der Waals surface area contributed by atoms with Crippen molar-refractivity contribution in [2.24, 2.45) is 0 Å². The quantitative estimate of drug-likeness (QED) is 0.873.